The fourth-order valence-electron chi connectivity index (χ4n) is 4.41. The van der Waals surface area contributed by atoms with Crippen LogP contribution in [-0.2, 0) is 6.54 Å². The van der Waals surface area contributed by atoms with E-state index < -0.39 is 0 Å². The van der Waals surface area contributed by atoms with Crippen molar-refractivity contribution >= 4 is 5.91 Å². The molecule has 1 saturated heterocycles. The minimum atomic E-state index is 0.146. The van der Waals surface area contributed by atoms with Crippen LogP contribution in [-0.4, -0.2) is 38.0 Å². The summed E-state index contributed by atoms with van der Waals surface area (Å²) in [6, 6.07) is 12.3. The summed E-state index contributed by atoms with van der Waals surface area (Å²) in [4.78, 5) is 19.8. The Morgan fingerprint density at radius 3 is 2.54 bits per heavy atom. The molecular formula is C23H28N4O. The number of carbonyl (C=O) groups is 1. The zero-order valence-corrected chi connectivity index (χ0v) is 16.9. The first kappa shape index (κ1) is 18.5. The molecular weight excluding hydrogens is 348 g/mol. The molecule has 3 heterocycles. The van der Waals surface area contributed by atoms with Crippen LogP contribution in [0, 0.1) is 13.8 Å². The van der Waals surface area contributed by atoms with Crippen LogP contribution >= 0.6 is 0 Å². The maximum Gasteiger partial charge on any atom is 0.255 e. The third kappa shape index (κ3) is 3.26. The van der Waals surface area contributed by atoms with E-state index in [0.29, 0.717) is 5.92 Å². The Balaban J connectivity index is 1.51. The highest BCUT2D eigenvalue weighted by Gasteiger charge is 2.28. The highest BCUT2D eigenvalue weighted by molar-refractivity contribution is 5.96. The number of amides is 1. The van der Waals surface area contributed by atoms with Crippen LogP contribution in [0.25, 0.3) is 5.69 Å². The minimum absolute atomic E-state index is 0.146. The molecule has 0 atom stereocenters. The van der Waals surface area contributed by atoms with E-state index in [4.69, 9.17) is 0 Å². The van der Waals surface area contributed by atoms with E-state index in [1.54, 1.807) is 0 Å². The Morgan fingerprint density at radius 1 is 1.14 bits per heavy atom. The van der Waals surface area contributed by atoms with Gasteiger partial charge < -0.3 is 14.0 Å². The molecule has 2 aromatic heterocycles. The van der Waals surface area contributed by atoms with Crippen molar-refractivity contribution in [3.8, 4) is 5.69 Å². The smallest absolute Gasteiger partial charge is 0.255 e. The van der Waals surface area contributed by atoms with Crippen LogP contribution in [0.4, 0.5) is 0 Å². The summed E-state index contributed by atoms with van der Waals surface area (Å²) in [5.74, 6) is 1.75. The number of benzene rings is 1. The van der Waals surface area contributed by atoms with Gasteiger partial charge in [-0.05, 0) is 51.8 Å². The number of aryl methyl sites for hydroxylation is 2. The molecule has 146 valence electrons. The number of carbonyl (C=O) groups excluding carboxylic acids is 1. The number of hydrogen-bond donors (Lipinski definition) is 0. The number of rotatable bonds is 4. The molecule has 1 aliphatic rings. The number of aromatic nitrogens is 3. The van der Waals surface area contributed by atoms with Gasteiger partial charge in [-0.25, -0.2) is 4.98 Å². The number of para-hydroxylation sites is 1. The van der Waals surface area contributed by atoms with E-state index in [2.05, 4.69) is 40.1 Å². The second kappa shape index (κ2) is 7.66. The Morgan fingerprint density at radius 2 is 1.86 bits per heavy atom. The van der Waals surface area contributed by atoms with Crippen LogP contribution in [0.15, 0.2) is 48.8 Å². The first-order chi connectivity index (χ1) is 13.6. The zero-order valence-electron chi connectivity index (χ0n) is 16.9. The molecule has 0 radical (unpaired) electrons. The van der Waals surface area contributed by atoms with Gasteiger partial charge >= 0.3 is 0 Å². The molecule has 5 heteroatoms. The summed E-state index contributed by atoms with van der Waals surface area (Å²) in [6.45, 7) is 8.77. The van der Waals surface area contributed by atoms with Gasteiger partial charge in [-0.3, -0.25) is 4.79 Å². The first-order valence-corrected chi connectivity index (χ1v) is 10.1. The average molecular weight is 377 g/mol. The molecule has 5 nitrogen and oxygen atoms in total. The number of nitrogens with zero attached hydrogens (tertiary/aromatic N) is 4. The number of hydrogen-bond acceptors (Lipinski definition) is 2. The van der Waals surface area contributed by atoms with E-state index in [-0.39, 0.29) is 5.91 Å². The van der Waals surface area contributed by atoms with Gasteiger partial charge in [0.15, 0.2) is 0 Å². The lowest BCUT2D eigenvalue weighted by Crippen LogP contribution is -2.38. The standard InChI is InChI=1S/C23H28N4O/c1-4-25-15-12-24-22(25)19-10-13-26(14-11-19)23(28)21-16-17(2)27(18(21)3)20-8-6-5-7-9-20/h5-9,12,15-16,19H,4,10-11,13-14H2,1-3H3. The maximum atomic E-state index is 13.2. The molecule has 0 aliphatic carbocycles. The van der Waals surface area contributed by atoms with Gasteiger partial charge in [0.05, 0.1) is 5.56 Å². The molecule has 0 N–H and O–H groups in total. The van der Waals surface area contributed by atoms with Crippen molar-refractivity contribution in [2.45, 2.75) is 46.1 Å². The topological polar surface area (TPSA) is 43.1 Å². The largest absolute Gasteiger partial charge is 0.339 e. The predicted octanol–water partition coefficient (Wildman–Crippen LogP) is 4.33. The summed E-state index contributed by atoms with van der Waals surface area (Å²) in [7, 11) is 0. The molecule has 0 unspecified atom stereocenters. The zero-order chi connectivity index (χ0) is 19.7. The summed E-state index contributed by atoms with van der Waals surface area (Å²) < 4.78 is 4.38. The molecule has 0 spiro atoms. The van der Waals surface area contributed by atoms with Gasteiger partial charge in [-0.1, -0.05) is 18.2 Å². The summed E-state index contributed by atoms with van der Waals surface area (Å²) in [5, 5.41) is 0. The lowest BCUT2D eigenvalue weighted by atomic mass is 9.95. The van der Waals surface area contributed by atoms with Crippen LogP contribution in [0.1, 0.15) is 53.3 Å². The van der Waals surface area contributed by atoms with Crippen LogP contribution in [0.3, 0.4) is 0 Å². The molecule has 0 bridgehead atoms. The van der Waals surface area contributed by atoms with Crippen molar-refractivity contribution in [1.29, 1.82) is 0 Å². The molecule has 28 heavy (non-hydrogen) atoms. The lowest BCUT2D eigenvalue weighted by Gasteiger charge is -2.32. The van der Waals surface area contributed by atoms with Crippen LogP contribution in [0.5, 0.6) is 0 Å². The second-order valence-corrected chi connectivity index (χ2v) is 7.59. The number of imidazole rings is 1. The predicted molar refractivity (Wildman–Crippen MR) is 111 cm³/mol. The van der Waals surface area contributed by atoms with E-state index >= 15 is 0 Å². The summed E-state index contributed by atoms with van der Waals surface area (Å²) >= 11 is 0. The third-order valence-electron chi connectivity index (χ3n) is 5.91. The fraction of sp³-hybridized carbons (Fsp3) is 0.391. The van der Waals surface area contributed by atoms with Crippen LogP contribution in [0.2, 0.25) is 0 Å². The Kier molecular flexibility index (Phi) is 5.07. The van der Waals surface area contributed by atoms with Gasteiger partial charge in [0.1, 0.15) is 5.82 Å². The fourth-order valence-corrected chi connectivity index (χ4v) is 4.41. The Labute approximate surface area is 166 Å². The SMILES string of the molecule is CCn1ccnc1C1CCN(C(=O)c2cc(C)n(-c3ccccc3)c2C)CC1. The van der Waals surface area contributed by atoms with Gasteiger partial charge in [0.2, 0.25) is 0 Å². The lowest BCUT2D eigenvalue weighted by molar-refractivity contribution is 0.0709. The van der Waals surface area contributed by atoms with Crippen molar-refractivity contribution in [3.63, 3.8) is 0 Å². The monoisotopic (exact) mass is 376 g/mol. The molecule has 0 saturated carbocycles. The molecule has 4 rings (SSSR count). The van der Waals surface area contributed by atoms with E-state index in [0.717, 1.165) is 60.9 Å². The third-order valence-corrected chi connectivity index (χ3v) is 5.91. The summed E-state index contributed by atoms with van der Waals surface area (Å²) in [6.07, 6.45) is 5.88. The Bertz CT molecular complexity index is 962. The first-order valence-electron chi connectivity index (χ1n) is 10.1. The van der Waals surface area contributed by atoms with E-state index in [1.807, 2.05) is 48.5 Å². The van der Waals surface area contributed by atoms with Gasteiger partial charge in [0, 0.05) is 55.0 Å². The van der Waals surface area contributed by atoms with Crippen molar-refractivity contribution in [2.24, 2.45) is 0 Å². The van der Waals surface area contributed by atoms with Crippen molar-refractivity contribution in [2.75, 3.05) is 13.1 Å². The minimum Gasteiger partial charge on any atom is -0.339 e. The molecule has 1 aliphatic heterocycles. The highest BCUT2D eigenvalue weighted by atomic mass is 16.2. The van der Waals surface area contributed by atoms with Crippen molar-refractivity contribution < 1.29 is 4.79 Å². The average Bonchev–Trinajstić information content (AvgIpc) is 3.32. The van der Waals surface area contributed by atoms with E-state index in [1.165, 1.54) is 0 Å². The Hall–Kier alpha value is -2.82. The highest BCUT2D eigenvalue weighted by Crippen LogP contribution is 2.29. The normalized spacial score (nSPS) is 15.2. The van der Waals surface area contributed by atoms with Crippen molar-refractivity contribution in [3.05, 3.63) is 71.6 Å². The number of likely N-dealkylation sites (tertiary alicyclic amines) is 1. The van der Waals surface area contributed by atoms with E-state index in [9.17, 15) is 4.79 Å². The van der Waals surface area contributed by atoms with Gasteiger partial charge in [-0.2, -0.15) is 0 Å². The van der Waals surface area contributed by atoms with Gasteiger partial charge in [-0.15, -0.1) is 0 Å². The molecule has 3 aromatic rings. The quantitative estimate of drug-likeness (QED) is 0.680. The molecule has 1 aromatic carbocycles. The number of piperidine rings is 1. The maximum absolute atomic E-state index is 13.2. The summed E-state index contributed by atoms with van der Waals surface area (Å²) in [5.41, 5.74) is 4.01. The molecule has 1 amide bonds. The van der Waals surface area contributed by atoms with Gasteiger partial charge in [0.25, 0.3) is 5.91 Å². The van der Waals surface area contributed by atoms with Crippen molar-refractivity contribution in [1.82, 2.24) is 19.0 Å². The molecule has 1 fully saturated rings. The van der Waals surface area contributed by atoms with Crippen LogP contribution < -0.4 is 0 Å². The second-order valence-electron chi connectivity index (χ2n) is 7.59.